The van der Waals surface area contributed by atoms with Gasteiger partial charge in [-0.3, -0.25) is 19.5 Å². The Morgan fingerprint density at radius 2 is 1.94 bits per heavy atom. The molecule has 1 saturated heterocycles. The second-order valence-corrected chi connectivity index (χ2v) is 9.09. The fourth-order valence-electron chi connectivity index (χ4n) is 4.20. The molecule has 2 atom stereocenters. The number of aromatic nitrogens is 3. The predicted octanol–water partition coefficient (Wildman–Crippen LogP) is 4.11. The molecule has 2 amide bonds. The lowest BCUT2D eigenvalue weighted by atomic mass is 10.0. The number of thiazole rings is 1. The van der Waals surface area contributed by atoms with Crippen molar-refractivity contribution in [2.45, 2.75) is 32.3 Å². The lowest BCUT2D eigenvalue weighted by Gasteiger charge is -2.18. The van der Waals surface area contributed by atoms with Crippen molar-refractivity contribution in [3.63, 3.8) is 0 Å². The van der Waals surface area contributed by atoms with E-state index in [1.165, 1.54) is 11.3 Å². The Bertz CT molecular complexity index is 1340. The maximum Gasteiger partial charge on any atom is 0.253 e. The second-order valence-electron chi connectivity index (χ2n) is 8.26. The number of anilines is 1. The summed E-state index contributed by atoms with van der Waals surface area (Å²) in [4.78, 5) is 36.4. The summed E-state index contributed by atoms with van der Waals surface area (Å²) in [6.45, 7) is 3.87. The average Bonchev–Trinajstić information content (AvgIpc) is 3.59. The Balaban J connectivity index is 1.33. The minimum Gasteiger partial charge on any atom is -0.402 e. The third-order valence-electron chi connectivity index (χ3n) is 6.00. The summed E-state index contributed by atoms with van der Waals surface area (Å²) in [6, 6.07) is 13.2. The Kier molecular flexibility index (Phi) is 6.02. The van der Waals surface area contributed by atoms with Crippen molar-refractivity contribution < 1.29 is 9.59 Å². The Hall–Kier alpha value is -3.72. The summed E-state index contributed by atoms with van der Waals surface area (Å²) in [6.07, 6.45) is 7.63. The van der Waals surface area contributed by atoms with Crippen LogP contribution in [0.2, 0.25) is 6.82 Å². The van der Waals surface area contributed by atoms with Crippen molar-refractivity contribution in [3.05, 3.63) is 78.2 Å². The highest BCUT2D eigenvalue weighted by molar-refractivity contribution is 7.14. The van der Waals surface area contributed by atoms with Crippen LogP contribution in [-0.2, 0) is 4.79 Å². The molecule has 0 aliphatic carbocycles. The first kappa shape index (κ1) is 22.1. The highest BCUT2D eigenvalue weighted by atomic mass is 32.1. The number of nitrogens with one attached hydrogen (secondary N) is 1. The highest BCUT2D eigenvalue weighted by Crippen LogP contribution is 2.34. The van der Waals surface area contributed by atoms with E-state index in [1.54, 1.807) is 40.2 Å². The molecule has 5 rings (SSSR count). The summed E-state index contributed by atoms with van der Waals surface area (Å²) >= 11 is 1.44. The van der Waals surface area contributed by atoms with Crippen LogP contribution >= 0.6 is 11.3 Å². The van der Waals surface area contributed by atoms with E-state index in [4.69, 9.17) is 4.98 Å². The second kappa shape index (κ2) is 9.27. The molecule has 1 N–H and O–H groups in total. The Labute approximate surface area is 202 Å². The highest BCUT2D eigenvalue weighted by Gasteiger charge is 2.40. The van der Waals surface area contributed by atoms with Crippen LogP contribution in [-0.4, -0.2) is 45.8 Å². The molecule has 1 aliphatic heterocycles. The fraction of sp³-hybridized carbons (Fsp3) is 0.200. The molecule has 1 unspecified atom stereocenters. The lowest BCUT2D eigenvalue weighted by molar-refractivity contribution is -0.118. The summed E-state index contributed by atoms with van der Waals surface area (Å²) in [5.74, 6) is -0.380. The van der Waals surface area contributed by atoms with E-state index in [2.05, 4.69) is 22.4 Å². The van der Waals surface area contributed by atoms with Crippen molar-refractivity contribution in [2.75, 3.05) is 4.90 Å². The van der Waals surface area contributed by atoms with Gasteiger partial charge in [-0.1, -0.05) is 25.0 Å². The fourth-order valence-corrected chi connectivity index (χ4v) is 5.14. The Morgan fingerprint density at radius 1 is 1.15 bits per heavy atom. The number of pyridine rings is 1. The van der Waals surface area contributed by atoms with Gasteiger partial charge in [0, 0.05) is 35.6 Å². The third kappa shape index (κ3) is 4.26. The van der Waals surface area contributed by atoms with Crippen LogP contribution < -0.4 is 10.2 Å². The van der Waals surface area contributed by atoms with Gasteiger partial charge in [-0.25, -0.2) is 4.98 Å². The van der Waals surface area contributed by atoms with Gasteiger partial charge in [-0.15, -0.1) is 11.3 Å². The molecule has 9 heteroatoms. The van der Waals surface area contributed by atoms with Crippen molar-refractivity contribution in [1.29, 1.82) is 0 Å². The maximum absolute atomic E-state index is 13.2. The molecule has 1 radical (unpaired) electrons. The minimum absolute atomic E-state index is 0.0615. The number of nitrogens with zero attached hydrogens (tertiary/aromatic N) is 4. The number of hydrogen-bond donors (Lipinski definition) is 1. The van der Waals surface area contributed by atoms with Crippen LogP contribution in [0.5, 0.6) is 0 Å². The molecule has 169 valence electrons. The normalized spacial score (nSPS) is 17.7. The van der Waals surface area contributed by atoms with Crippen molar-refractivity contribution in [2.24, 2.45) is 0 Å². The van der Waals surface area contributed by atoms with Crippen LogP contribution in [0.4, 0.5) is 5.13 Å². The summed E-state index contributed by atoms with van der Waals surface area (Å²) in [5.41, 5.74) is 4.50. The van der Waals surface area contributed by atoms with E-state index < -0.39 is 6.04 Å². The molecule has 34 heavy (non-hydrogen) atoms. The summed E-state index contributed by atoms with van der Waals surface area (Å²) < 4.78 is 1.81. The van der Waals surface area contributed by atoms with Crippen molar-refractivity contribution in [1.82, 2.24) is 19.8 Å². The van der Waals surface area contributed by atoms with E-state index in [0.29, 0.717) is 17.1 Å². The van der Waals surface area contributed by atoms with E-state index in [1.807, 2.05) is 50.8 Å². The van der Waals surface area contributed by atoms with Gasteiger partial charge in [0.05, 0.1) is 11.3 Å². The molecule has 3 aromatic heterocycles. The third-order valence-corrected chi connectivity index (χ3v) is 6.84. The van der Waals surface area contributed by atoms with Gasteiger partial charge in [0.25, 0.3) is 11.8 Å². The van der Waals surface area contributed by atoms with E-state index in [9.17, 15) is 9.59 Å². The van der Waals surface area contributed by atoms with Gasteiger partial charge in [0.15, 0.2) is 5.13 Å². The molecule has 0 saturated carbocycles. The monoisotopic (exact) mass is 468 g/mol. The standard InChI is InChI=1S/C25H23BN5O2S/c1-16-12-21(28-23(32)20-8-11-30(14-20)26-2)24(33)31(16)25-29-22(15-34-25)19-5-3-4-18(13-19)17-6-9-27-10-7-17/h3-11,13-16,21H,12H2,1-2H3,(H,28,32)/t16?,21-/m0/s1. The van der Waals surface area contributed by atoms with Gasteiger partial charge >= 0.3 is 0 Å². The molecule has 0 spiro atoms. The van der Waals surface area contributed by atoms with Crippen molar-refractivity contribution >= 4 is 35.7 Å². The quantitative estimate of drug-likeness (QED) is 0.432. The Morgan fingerprint density at radius 3 is 2.71 bits per heavy atom. The molecular weight excluding hydrogens is 445 g/mol. The van der Waals surface area contributed by atoms with Crippen molar-refractivity contribution in [3.8, 4) is 22.4 Å². The number of carbonyl (C=O) groups excluding carboxylic acids is 2. The smallest absolute Gasteiger partial charge is 0.253 e. The number of carbonyl (C=O) groups is 2. The van der Waals surface area contributed by atoms with Crippen LogP contribution in [0.1, 0.15) is 23.7 Å². The molecule has 1 aliphatic rings. The zero-order valence-corrected chi connectivity index (χ0v) is 19.7. The largest absolute Gasteiger partial charge is 0.402 e. The number of amides is 2. The molecular formula is C25H23BN5O2S. The zero-order valence-electron chi connectivity index (χ0n) is 18.9. The van der Waals surface area contributed by atoms with E-state index in [0.717, 1.165) is 22.4 Å². The topological polar surface area (TPSA) is 80.1 Å². The average molecular weight is 468 g/mol. The van der Waals surface area contributed by atoms with Gasteiger partial charge in [0.2, 0.25) is 7.41 Å². The summed E-state index contributed by atoms with van der Waals surface area (Å²) in [5, 5.41) is 5.50. The molecule has 0 bridgehead atoms. The van der Waals surface area contributed by atoms with E-state index in [-0.39, 0.29) is 17.9 Å². The number of rotatable bonds is 6. The van der Waals surface area contributed by atoms with Crippen LogP contribution in [0.15, 0.2) is 72.6 Å². The predicted molar refractivity (Wildman–Crippen MR) is 135 cm³/mol. The molecule has 1 aromatic carbocycles. The molecule has 1 fully saturated rings. The van der Waals surface area contributed by atoms with Crippen LogP contribution in [0.25, 0.3) is 22.4 Å². The van der Waals surface area contributed by atoms with Crippen LogP contribution in [0.3, 0.4) is 0 Å². The zero-order chi connectivity index (χ0) is 23.7. The number of hydrogen-bond acceptors (Lipinski definition) is 5. The number of benzene rings is 1. The van der Waals surface area contributed by atoms with Gasteiger partial charge < -0.3 is 9.79 Å². The first-order valence-electron chi connectivity index (χ1n) is 11.1. The van der Waals surface area contributed by atoms with Gasteiger partial charge in [0.1, 0.15) is 6.04 Å². The minimum atomic E-state index is -0.571. The lowest BCUT2D eigenvalue weighted by Crippen LogP contribution is -2.41. The SMILES string of the molecule is C[B]n1ccc(C(=O)N[C@H]2CC(C)N(c3nc(-c4cccc(-c5ccncc5)c4)cs3)C2=O)c1. The van der Waals surface area contributed by atoms with Crippen LogP contribution in [0, 0.1) is 0 Å². The molecule has 7 nitrogen and oxygen atoms in total. The van der Waals surface area contributed by atoms with Gasteiger partial charge in [-0.05, 0) is 54.9 Å². The first-order valence-corrected chi connectivity index (χ1v) is 12.0. The molecule has 4 aromatic rings. The first-order chi connectivity index (χ1) is 16.5. The maximum atomic E-state index is 13.2. The summed E-state index contributed by atoms with van der Waals surface area (Å²) in [7, 11) is 1.86. The van der Waals surface area contributed by atoms with E-state index >= 15 is 0 Å². The van der Waals surface area contributed by atoms with Gasteiger partial charge in [-0.2, -0.15) is 0 Å². The molecule has 4 heterocycles.